The van der Waals surface area contributed by atoms with E-state index in [1.165, 1.54) is 5.56 Å². The number of hydrogen-bond donors (Lipinski definition) is 1. The molecule has 1 fully saturated rings. The Morgan fingerprint density at radius 3 is 2.50 bits per heavy atom. The Morgan fingerprint density at radius 2 is 2.00 bits per heavy atom. The monoisotopic (exact) mass is 340 g/mol. The van der Waals surface area contributed by atoms with E-state index >= 15 is 0 Å². The largest absolute Gasteiger partial charge is 0.387 e. The van der Waals surface area contributed by atoms with Gasteiger partial charge in [-0.1, -0.05) is 50.1 Å². The molecular weight excluding hydrogens is 312 g/mol. The molecule has 0 bridgehead atoms. The third-order valence-electron chi connectivity index (χ3n) is 4.98. The number of benzene rings is 1. The molecule has 2 unspecified atom stereocenters. The highest BCUT2D eigenvalue weighted by Gasteiger charge is 2.59. The van der Waals surface area contributed by atoms with Gasteiger partial charge >= 0.3 is 0 Å². The van der Waals surface area contributed by atoms with Gasteiger partial charge in [0.05, 0.1) is 5.60 Å². The van der Waals surface area contributed by atoms with E-state index in [2.05, 4.69) is 31.2 Å². The van der Waals surface area contributed by atoms with Crippen LogP contribution in [-0.4, -0.2) is 31.5 Å². The van der Waals surface area contributed by atoms with Gasteiger partial charge in [0.2, 0.25) is 0 Å². The topological polar surface area (TPSA) is 37.3 Å². The van der Waals surface area contributed by atoms with Gasteiger partial charge in [-0.05, 0) is 43.4 Å². The molecular formula is C18H28O2S2. The van der Waals surface area contributed by atoms with Crippen LogP contribution in [0.2, 0.25) is 0 Å². The van der Waals surface area contributed by atoms with Crippen LogP contribution in [0.4, 0.5) is 0 Å². The predicted molar refractivity (Wildman–Crippen MR) is 97.7 cm³/mol. The fourth-order valence-corrected chi connectivity index (χ4v) is 6.73. The lowest BCUT2D eigenvalue weighted by Gasteiger charge is -2.54. The van der Waals surface area contributed by atoms with Crippen molar-refractivity contribution in [1.29, 1.82) is 0 Å². The van der Waals surface area contributed by atoms with Crippen molar-refractivity contribution in [2.75, 3.05) is 12.5 Å². The molecule has 0 radical (unpaired) electrons. The van der Waals surface area contributed by atoms with Crippen molar-refractivity contribution < 1.29 is 9.32 Å². The molecule has 1 aliphatic carbocycles. The van der Waals surface area contributed by atoms with Crippen molar-refractivity contribution in [3.63, 3.8) is 0 Å². The summed E-state index contributed by atoms with van der Waals surface area (Å²) in [5.41, 5.74) is 0.552. The van der Waals surface area contributed by atoms with Crippen molar-refractivity contribution in [1.82, 2.24) is 0 Å². The Bertz CT molecular complexity index is 497. The van der Waals surface area contributed by atoms with Gasteiger partial charge in [-0.15, -0.1) is 11.8 Å². The van der Waals surface area contributed by atoms with E-state index in [1.54, 1.807) is 18.0 Å². The summed E-state index contributed by atoms with van der Waals surface area (Å²) < 4.78 is 11.9. The van der Waals surface area contributed by atoms with Crippen LogP contribution in [0.1, 0.15) is 44.6 Å². The zero-order chi connectivity index (χ0) is 16.2. The highest BCUT2D eigenvalue weighted by atomic mass is 32.2. The fourth-order valence-electron chi connectivity index (χ4n) is 3.76. The van der Waals surface area contributed by atoms with Gasteiger partial charge in [-0.25, -0.2) is 0 Å². The molecule has 4 heteroatoms. The van der Waals surface area contributed by atoms with E-state index in [1.807, 2.05) is 12.3 Å². The second-order valence-electron chi connectivity index (χ2n) is 6.51. The second kappa shape index (κ2) is 7.50. The minimum atomic E-state index is -1.03. The number of rotatable bonds is 8. The molecule has 0 heterocycles. The lowest BCUT2D eigenvalue weighted by Crippen LogP contribution is -2.61. The van der Waals surface area contributed by atoms with Crippen LogP contribution < -0.4 is 0 Å². The maximum atomic E-state index is 12.4. The number of hydrogen-bond acceptors (Lipinski definition) is 3. The molecule has 0 aliphatic heterocycles. The Balaban J connectivity index is 2.05. The minimum absolute atomic E-state index is 0.504. The van der Waals surface area contributed by atoms with Gasteiger partial charge < -0.3 is 5.11 Å². The van der Waals surface area contributed by atoms with Gasteiger partial charge in [-0.2, -0.15) is 0 Å². The zero-order valence-electron chi connectivity index (χ0n) is 13.9. The molecule has 1 aromatic rings. The van der Waals surface area contributed by atoms with Crippen LogP contribution in [0.25, 0.3) is 0 Å². The Hall–Kier alpha value is -0.320. The number of unbranched alkanes of at least 4 members (excludes halogenated alkanes) is 1. The third-order valence-corrected chi connectivity index (χ3v) is 8.94. The molecule has 2 rings (SSSR count). The lowest BCUT2D eigenvalue weighted by atomic mass is 9.66. The summed E-state index contributed by atoms with van der Waals surface area (Å²) >= 11 is 1.61. The molecule has 1 aromatic carbocycles. The maximum Gasteiger partial charge on any atom is 0.119 e. The standard InChI is InChI=1S/C18H28O2S2/c1-4-5-11-18(21-2,22(3)20)17(19)13-16(14-17)12-15-9-7-6-8-10-15/h6-10,16,19H,4-5,11-14H2,1-3H3. The first-order chi connectivity index (χ1) is 10.5. The summed E-state index contributed by atoms with van der Waals surface area (Å²) in [5, 5.41) is 11.2. The Kier molecular flexibility index (Phi) is 6.14. The van der Waals surface area contributed by atoms with Crippen molar-refractivity contribution in [3.8, 4) is 0 Å². The second-order valence-corrected chi connectivity index (χ2v) is 9.48. The van der Waals surface area contributed by atoms with E-state index in [0.29, 0.717) is 5.92 Å². The van der Waals surface area contributed by atoms with E-state index in [4.69, 9.17) is 0 Å². The van der Waals surface area contributed by atoms with E-state index < -0.39 is 20.5 Å². The average molecular weight is 341 g/mol. The van der Waals surface area contributed by atoms with Crippen molar-refractivity contribution in [2.24, 2.45) is 5.92 Å². The van der Waals surface area contributed by atoms with Crippen molar-refractivity contribution in [2.45, 2.75) is 55.1 Å². The predicted octanol–water partition coefficient (Wildman–Crippen LogP) is 4.00. The number of thioether (sulfide) groups is 1. The molecule has 0 spiro atoms. The van der Waals surface area contributed by atoms with Gasteiger partial charge in [0.15, 0.2) is 0 Å². The summed E-state index contributed by atoms with van der Waals surface area (Å²) in [6, 6.07) is 10.5. The van der Waals surface area contributed by atoms with E-state index in [0.717, 1.165) is 38.5 Å². The summed E-state index contributed by atoms with van der Waals surface area (Å²) in [6.07, 6.45) is 9.24. The van der Waals surface area contributed by atoms with Crippen molar-refractivity contribution in [3.05, 3.63) is 35.9 Å². The summed E-state index contributed by atoms with van der Waals surface area (Å²) in [4.78, 5) is 0. The van der Waals surface area contributed by atoms with Gasteiger partial charge in [0.1, 0.15) is 4.08 Å². The average Bonchev–Trinajstić information content (AvgIpc) is 2.47. The van der Waals surface area contributed by atoms with Gasteiger partial charge in [-0.3, -0.25) is 4.21 Å². The van der Waals surface area contributed by atoms with Crippen LogP contribution in [-0.2, 0) is 17.2 Å². The van der Waals surface area contributed by atoms with Gasteiger partial charge in [0, 0.05) is 17.1 Å². The molecule has 22 heavy (non-hydrogen) atoms. The van der Waals surface area contributed by atoms with Crippen LogP contribution in [0, 0.1) is 5.92 Å². The molecule has 2 nitrogen and oxygen atoms in total. The highest BCUT2D eigenvalue weighted by molar-refractivity contribution is 8.12. The lowest BCUT2D eigenvalue weighted by molar-refractivity contribution is -0.0841. The first-order valence-electron chi connectivity index (χ1n) is 8.12. The number of aliphatic hydroxyl groups is 1. The molecule has 0 aromatic heterocycles. The Labute approximate surface area is 141 Å². The SMILES string of the molecule is CCCCC(SC)(S(C)=O)C1(O)CC(Cc2ccccc2)C1. The maximum absolute atomic E-state index is 12.4. The summed E-state index contributed by atoms with van der Waals surface area (Å²) in [7, 11) is -1.03. The van der Waals surface area contributed by atoms with Crippen LogP contribution in [0.3, 0.4) is 0 Å². The summed E-state index contributed by atoms with van der Waals surface area (Å²) in [5.74, 6) is 0.504. The molecule has 124 valence electrons. The quantitative estimate of drug-likeness (QED) is 0.777. The molecule has 0 amide bonds. The minimum Gasteiger partial charge on any atom is -0.387 e. The third kappa shape index (κ3) is 3.44. The van der Waals surface area contributed by atoms with Crippen molar-refractivity contribution >= 4 is 22.6 Å². The fraction of sp³-hybridized carbons (Fsp3) is 0.667. The van der Waals surface area contributed by atoms with E-state index in [9.17, 15) is 9.32 Å². The summed E-state index contributed by atoms with van der Waals surface area (Å²) in [6.45, 7) is 2.15. The molecule has 1 aliphatic rings. The first kappa shape index (κ1) is 18.0. The molecule has 0 saturated heterocycles. The molecule has 1 saturated carbocycles. The van der Waals surface area contributed by atoms with Crippen LogP contribution in [0.15, 0.2) is 30.3 Å². The molecule has 1 N–H and O–H groups in total. The van der Waals surface area contributed by atoms with E-state index in [-0.39, 0.29) is 0 Å². The first-order valence-corrected chi connectivity index (χ1v) is 10.9. The normalized spacial score (nSPS) is 28.6. The smallest absolute Gasteiger partial charge is 0.119 e. The molecule has 2 atom stereocenters. The van der Waals surface area contributed by atoms with Gasteiger partial charge in [0.25, 0.3) is 0 Å². The zero-order valence-corrected chi connectivity index (χ0v) is 15.5. The highest BCUT2D eigenvalue weighted by Crippen LogP contribution is 2.54. The van der Waals surface area contributed by atoms with Crippen LogP contribution in [0.5, 0.6) is 0 Å². The van der Waals surface area contributed by atoms with Crippen LogP contribution >= 0.6 is 11.8 Å². The Morgan fingerprint density at radius 1 is 1.36 bits per heavy atom.